The van der Waals surface area contributed by atoms with Crippen LogP contribution in [0, 0.1) is 0 Å². The number of rotatable bonds is 10. The van der Waals surface area contributed by atoms with Crippen LogP contribution in [0.5, 0.6) is 0 Å². The number of ether oxygens (including phenoxy) is 1. The second-order valence-electron chi connectivity index (χ2n) is 5.48. The average molecular weight is 343 g/mol. The van der Waals surface area contributed by atoms with E-state index in [-0.39, 0.29) is 5.91 Å². The minimum atomic E-state index is -0.152. The summed E-state index contributed by atoms with van der Waals surface area (Å²) in [4.78, 5) is 13.6. The number of carbonyl (C=O) groups excluding carboxylic acids is 1. The highest BCUT2D eigenvalue weighted by atomic mass is 32.2. The van der Waals surface area contributed by atoms with E-state index >= 15 is 0 Å². The standard InChI is InChI=1S/C15H29N5O2S/c1-13(2)15(21)18-3-7-22-8-4-20(17)12-14(16)11-19-5-9-23-10-6-19/h12H,1,3-11,16-17H2,2H3,(H,18,21)/b14-12-. The molecule has 1 saturated heterocycles. The molecule has 0 aromatic carbocycles. The molecule has 1 amide bonds. The van der Waals surface area contributed by atoms with Crippen LogP contribution in [0.15, 0.2) is 24.0 Å². The number of amides is 1. The van der Waals surface area contributed by atoms with Gasteiger partial charge < -0.3 is 20.8 Å². The SMILES string of the molecule is C=C(C)C(=O)NCCOCCN(N)/C=C(\N)CN1CCSCC1. The van der Waals surface area contributed by atoms with Crippen LogP contribution in [0.1, 0.15) is 6.92 Å². The van der Waals surface area contributed by atoms with Gasteiger partial charge in [-0.25, -0.2) is 5.84 Å². The first kappa shape index (κ1) is 19.8. The predicted octanol–water partition coefficient (Wildman–Crippen LogP) is -0.280. The van der Waals surface area contributed by atoms with Crippen molar-refractivity contribution in [3.63, 3.8) is 0 Å². The highest BCUT2D eigenvalue weighted by molar-refractivity contribution is 7.99. The van der Waals surface area contributed by atoms with E-state index in [2.05, 4.69) is 16.8 Å². The largest absolute Gasteiger partial charge is 0.400 e. The Labute approximate surface area is 143 Å². The Bertz CT molecular complexity index is 411. The van der Waals surface area contributed by atoms with Gasteiger partial charge in [0.05, 0.1) is 19.8 Å². The fourth-order valence-electron chi connectivity index (χ4n) is 2.00. The molecule has 1 aliphatic heterocycles. The number of nitrogens with zero attached hydrogens (tertiary/aromatic N) is 2. The van der Waals surface area contributed by atoms with Gasteiger partial charge in [-0.3, -0.25) is 9.69 Å². The predicted molar refractivity (Wildman–Crippen MR) is 95.6 cm³/mol. The molecular weight excluding hydrogens is 314 g/mol. The zero-order valence-electron chi connectivity index (χ0n) is 13.9. The Morgan fingerprint density at radius 2 is 2.13 bits per heavy atom. The van der Waals surface area contributed by atoms with E-state index < -0.39 is 0 Å². The summed E-state index contributed by atoms with van der Waals surface area (Å²) in [5, 5.41) is 4.24. The van der Waals surface area contributed by atoms with E-state index in [0.29, 0.717) is 31.9 Å². The molecule has 1 rings (SSSR count). The van der Waals surface area contributed by atoms with Crippen molar-refractivity contribution in [1.82, 2.24) is 15.2 Å². The molecule has 0 radical (unpaired) electrons. The van der Waals surface area contributed by atoms with E-state index in [1.807, 2.05) is 11.8 Å². The van der Waals surface area contributed by atoms with Crippen LogP contribution in [0.4, 0.5) is 0 Å². The van der Waals surface area contributed by atoms with Gasteiger partial charge in [-0.1, -0.05) is 6.58 Å². The van der Waals surface area contributed by atoms with Gasteiger partial charge in [-0.2, -0.15) is 11.8 Å². The molecule has 0 aromatic heterocycles. The van der Waals surface area contributed by atoms with Crippen molar-refractivity contribution in [2.45, 2.75) is 6.92 Å². The maximum Gasteiger partial charge on any atom is 0.246 e. The first-order valence-corrected chi connectivity index (χ1v) is 8.93. The monoisotopic (exact) mass is 343 g/mol. The molecule has 0 atom stereocenters. The zero-order chi connectivity index (χ0) is 17.1. The molecule has 0 saturated carbocycles. The fourth-order valence-corrected chi connectivity index (χ4v) is 2.97. The van der Waals surface area contributed by atoms with Crippen molar-refractivity contribution in [2.24, 2.45) is 11.6 Å². The lowest BCUT2D eigenvalue weighted by Crippen LogP contribution is -2.37. The molecule has 0 aromatic rings. The van der Waals surface area contributed by atoms with Gasteiger partial charge >= 0.3 is 0 Å². The molecule has 5 N–H and O–H groups in total. The molecule has 0 unspecified atom stereocenters. The maximum atomic E-state index is 11.2. The fraction of sp³-hybridized carbons (Fsp3) is 0.667. The van der Waals surface area contributed by atoms with Crippen LogP contribution in [-0.2, 0) is 9.53 Å². The minimum Gasteiger partial charge on any atom is -0.400 e. The lowest BCUT2D eigenvalue weighted by atomic mass is 10.3. The molecule has 1 fully saturated rings. The molecule has 132 valence electrons. The average Bonchev–Trinajstić information content (AvgIpc) is 2.51. The molecule has 1 heterocycles. The smallest absolute Gasteiger partial charge is 0.246 e. The normalized spacial score (nSPS) is 16.2. The third kappa shape index (κ3) is 9.50. The number of nitrogens with one attached hydrogen (secondary N) is 1. The Balaban J connectivity index is 2.08. The summed E-state index contributed by atoms with van der Waals surface area (Å²) in [6, 6.07) is 0. The van der Waals surface area contributed by atoms with E-state index in [0.717, 1.165) is 36.8 Å². The summed E-state index contributed by atoms with van der Waals surface area (Å²) in [5.74, 6) is 8.05. The van der Waals surface area contributed by atoms with E-state index in [4.69, 9.17) is 16.3 Å². The third-order valence-electron chi connectivity index (χ3n) is 3.25. The minimum absolute atomic E-state index is 0.152. The lowest BCUT2D eigenvalue weighted by Gasteiger charge is -2.26. The number of hydrogen-bond donors (Lipinski definition) is 3. The van der Waals surface area contributed by atoms with Crippen molar-refractivity contribution in [3.05, 3.63) is 24.0 Å². The highest BCUT2D eigenvalue weighted by Crippen LogP contribution is 2.09. The van der Waals surface area contributed by atoms with Crippen molar-refractivity contribution in [2.75, 3.05) is 57.4 Å². The molecule has 23 heavy (non-hydrogen) atoms. The van der Waals surface area contributed by atoms with Gasteiger partial charge in [0.1, 0.15) is 0 Å². The Morgan fingerprint density at radius 1 is 1.43 bits per heavy atom. The maximum absolute atomic E-state index is 11.2. The second kappa shape index (κ2) is 11.3. The van der Waals surface area contributed by atoms with Gasteiger partial charge in [-0.15, -0.1) is 0 Å². The van der Waals surface area contributed by atoms with Crippen molar-refractivity contribution < 1.29 is 9.53 Å². The van der Waals surface area contributed by atoms with Crippen LogP contribution in [0.25, 0.3) is 0 Å². The topological polar surface area (TPSA) is 96.8 Å². The molecule has 8 heteroatoms. The van der Waals surface area contributed by atoms with Gasteiger partial charge in [0.2, 0.25) is 5.91 Å². The first-order chi connectivity index (χ1) is 11.0. The molecule has 0 aliphatic carbocycles. The van der Waals surface area contributed by atoms with Crippen LogP contribution in [0.3, 0.4) is 0 Å². The summed E-state index contributed by atoms with van der Waals surface area (Å²) < 4.78 is 5.42. The summed E-state index contributed by atoms with van der Waals surface area (Å²) in [5.41, 5.74) is 7.26. The van der Waals surface area contributed by atoms with E-state index in [9.17, 15) is 4.79 Å². The summed E-state index contributed by atoms with van der Waals surface area (Å²) in [6.07, 6.45) is 1.76. The van der Waals surface area contributed by atoms with Gasteiger partial charge in [0.25, 0.3) is 0 Å². The van der Waals surface area contributed by atoms with E-state index in [1.165, 1.54) is 0 Å². The number of thioether (sulfide) groups is 1. The molecule has 7 nitrogen and oxygen atoms in total. The third-order valence-corrected chi connectivity index (χ3v) is 4.20. The van der Waals surface area contributed by atoms with Gasteiger partial charge in [0.15, 0.2) is 0 Å². The van der Waals surface area contributed by atoms with Gasteiger partial charge in [-0.05, 0) is 6.92 Å². The molecule has 0 spiro atoms. The Hall–Kier alpha value is -1.22. The Morgan fingerprint density at radius 3 is 2.78 bits per heavy atom. The van der Waals surface area contributed by atoms with Gasteiger partial charge in [0, 0.05) is 55.2 Å². The van der Waals surface area contributed by atoms with Crippen molar-refractivity contribution in [1.29, 1.82) is 0 Å². The van der Waals surface area contributed by atoms with E-state index in [1.54, 1.807) is 18.1 Å². The molecule has 1 aliphatic rings. The molecule has 0 bridgehead atoms. The number of hydrazine groups is 1. The Kier molecular flexibility index (Phi) is 9.77. The van der Waals surface area contributed by atoms with Crippen LogP contribution >= 0.6 is 11.8 Å². The first-order valence-electron chi connectivity index (χ1n) is 7.78. The molecular formula is C15H29N5O2S. The van der Waals surface area contributed by atoms with Crippen molar-refractivity contribution in [3.8, 4) is 0 Å². The van der Waals surface area contributed by atoms with Crippen LogP contribution in [0.2, 0.25) is 0 Å². The van der Waals surface area contributed by atoms with Crippen LogP contribution < -0.4 is 16.9 Å². The summed E-state index contributed by atoms with van der Waals surface area (Å²) >= 11 is 1.98. The summed E-state index contributed by atoms with van der Waals surface area (Å²) in [7, 11) is 0. The number of carbonyl (C=O) groups is 1. The quantitative estimate of drug-likeness (QED) is 0.217. The lowest BCUT2D eigenvalue weighted by molar-refractivity contribution is -0.117. The second-order valence-corrected chi connectivity index (χ2v) is 6.70. The zero-order valence-corrected chi connectivity index (χ0v) is 14.7. The summed E-state index contributed by atoms with van der Waals surface area (Å²) in [6.45, 7) is 10.1. The van der Waals surface area contributed by atoms with Crippen LogP contribution in [-0.4, -0.2) is 73.3 Å². The van der Waals surface area contributed by atoms with Crippen molar-refractivity contribution >= 4 is 17.7 Å². The number of hydrogen-bond acceptors (Lipinski definition) is 7. The number of nitrogens with two attached hydrogens (primary N) is 2. The highest BCUT2D eigenvalue weighted by Gasteiger charge is 2.10.